The molecule has 1 aromatic rings. The van der Waals surface area contributed by atoms with Crippen molar-refractivity contribution in [2.45, 2.75) is 99.3 Å². The molecule has 0 bridgehead atoms. The highest BCUT2D eigenvalue weighted by Gasteiger charge is 2.71. The molecule has 7 heteroatoms. The fourth-order valence-electron chi connectivity index (χ4n) is 13.7. The van der Waals surface area contributed by atoms with E-state index in [1.165, 1.54) is 42.4 Å². The molecule has 2 N–H and O–H groups in total. The third-order valence-electron chi connectivity index (χ3n) is 16.3. The van der Waals surface area contributed by atoms with Crippen LogP contribution in [-0.4, -0.2) is 85.4 Å². The number of hydrogen-bond donors (Lipinski definition) is 2. The highest BCUT2D eigenvalue weighted by molar-refractivity contribution is 5.90. The lowest BCUT2D eigenvalue weighted by atomic mass is 9.32. The summed E-state index contributed by atoms with van der Waals surface area (Å²) in [5, 5.41) is 19.1. The van der Waals surface area contributed by atoms with Gasteiger partial charge >= 0.3 is 5.97 Å². The zero-order chi connectivity index (χ0) is 37.9. The van der Waals surface area contributed by atoms with Crippen molar-refractivity contribution in [1.82, 2.24) is 9.80 Å². The number of aliphatic hydroxyl groups is 2. The normalized spacial score (nSPS) is 37.6. The molecule has 0 spiro atoms. The van der Waals surface area contributed by atoms with Gasteiger partial charge in [-0.3, -0.25) is 4.79 Å². The summed E-state index contributed by atoms with van der Waals surface area (Å²) in [7, 11) is 4.11. The number of likely N-dealkylation sites (N-methyl/N-ethyl adjacent to an activating group) is 1. The third-order valence-corrected chi connectivity index (χ3v) is 16.3. The number of ether oxygens (including phenoxy) is 1. The Morgan fingerprint density at radius 1 is 0.846 bits per heavy atom. The van der Waals surface area contributed by atoms with Crippen molar-refractivity contribution < 1.29 is 24.5 Å². The second-order valence-corrected chi connectivity index (χ2v) is 19.1. The highest BCUT2D eigenvalue weighted by Crippen LogP contribution is 2.78. The summed E-state index contributed by atoms with van der Waals surface area (Å²) < 4.78 is 5.15. The number of rotatable bonds is 11. The Kier molecular flexibility index (Phi) is 10.8. The third kappa shape index (κ3) is 6.04. The lowest BCUT2D eigenvalue weighted by Crippen LogP contribution is -2.66. The van der Waals surface area contributed by atoms with Crippen molar-refractivity contribution in [3.05, 3.63) is 53.6 Å². The van der Waals surface area contributed by atoms with Gasteiger partial charge in [0.05, 0.1) is 24.2 Å². The standard InChI is InChI=1S/C45H68N2O5/c1-30(2)33-16-21-45(40(51)47(26-27-48)25-24-46(8)9)23-22-43(6)35(38(33)45)14-15-37-42(5)19-17-34(41(3,4)36(42)18-20-44(37,43)7)31-10-12-32(13-11-31)39(50)52-29-28-49/h10-13,17,33,35-38,48-49H,1,14-16,18-29H2,2-9H3. The first-order chi connectivity index (χ1) is 24.5. The quantitative estimate of drug-likeness (QED) is 0.179. The van der Waals surface area contributed by atoms with E-state index in [1.807, 2.05) is 17.0 Å². The summed E-state index contributed by atoms with van der Waals surface area (Å²) in [5.41, 5.74) is 4.40. The van der Waals surface area contributed by atoms with Gasteiger partial charge in [-0.05, 0) is 153 Å². The predicted octanol–water partition coefficient (Wildman–Crippen LogP) is 7.87. The summed E-state index contributed by atoms with van der Waals surface area (Å²) in [6.45, 7) is 21.3. The first-order valence-corrected chi connectivity index (χ1v) is 20.3. The van der Waals surface area contributed by atoms with Gasteiger partial charge < -0.3 is 24.7 Å². The van der Waals surface area contributed by atoms with Crippen LogP contribution in [0.2, 0.25) is 0 Å². The van der Waals surface area contributed by atoms with E-state index in [1.54, 1.807) is 0 Å². The van der Waals surface area contributed by atoms with Gasteiger partial charge in [0, 0.05) is 19.6 Å². The smallest absolute Gasteiger partial charge is 0.338 e. The van der Waals surface area contributed by atoms with Crippen molar-refractivity contribution in [2.24, 2.45) is 56.7 Å². The molecule has 0 saturated heterocycles. The molecule has 288 valence electrons. The Bertz CT molecular complexity index is 1550. The number of amides is 1. The van der Waals surface area contributed by atoms with E-state index in [2.05, 4.69) is 85.3 Å². The van der Waals surface area contributed by atoms with Gasteiger partial charge in [0.15, 0.2) is 0 Å². The number of esters is 1. The summed E-state index contributed by atoms with van der Waals surface area (Å²) in [6, 6.07) is 7.87. The zero-order valence-corrected chi connectivity index (χ0v) is 33.6. The van der Waals surface area contributed by atoms with E-state index in [-0.39, 0.29) is 46.9 Å². The van der Waals surface area contributed by atoms with Crippen LogP contribution in [0, 0.1) is 56.7 Å². The molecule has 0 aliphatic heterocycles. The molecule has 4 saturated carbocycles. The predicted molar refractivity (Wildman–Crippen MR) is 208 cm³/mol. The molecule has 0 aromatic heterocycles. The molecule has 7 nitrogen and oxygen atoms in total. The Labute approximate surface area is 314 Å². The minimum absolute atomic E-state index is 0.00233. The number of carbonyl (C=O) groups excluding carboxylic acids is 2. The van der Waals surface area contributed by atoms with Crippen LogP contribution in [0.25, 0.3) is 5.57 Å². The molecular weight excluding hydrogens is 649 g/mol. The minimum atomic E-state index is -0.399. The Morgan fingerprint density at radius 2 is 1.56 bits per heavy atom. The van der Waals surface area contributed by atoms with E-state index < -0.39 is 5.97 Å². The molecule has 4 fully saturated rings. The molecule has 9 unspecified atom stereocenters. The molecule has 5 aliphatic rings. The van der Waals surface area contributed by atoms with Crippen LogP contribution in [0.15, 0.2) is 42.5 Å². The van der Waals surface area contributed by atoms with Crippen LogP contribution in [0.5, 0.6) is 0 Å². The number of allylic oxidation sites excluding steroid dienone is 3. The summed E-state index contributed by atoms with van der Waals surface area (Å²) >= 11 is 0. The van der Waals surface area contributed by atoms with E-state index in [4.69, 9.17) is 9.84 Å². The van der Waals surface area contributed by atoms with Crippen molar-refractivity contribution in [3.63, 3.8) is 0 Å². The lowest BCUT2D eigenvalue weighted by Gasteiger charge is -2.72. The van der Waals surface area contributed by atoms with Gasteiger partial charge in [0.25, 0.3) is 0 Å². The number of hydrogen-bond acceptors (Lipinski definition) is 6. The van der Waals surface area contributed by atoms with Crippen molar-refractivity contribution in [2.75, 3.05) is 53.6 Å². The van der Waals surface area contributed by atoms with Gasteiger partial charge in [-0.25, -0.2) is 4.79 Å². The van der Waals surface area contributed by atoms with Crippen molar-refractivity contribution in [3.8, 4) is 0 Å². The maximum Gasteiger partial charge on any atom is 0.338 e. The van der Waals surface area contributed by atoms with E-state index in [0.717, 1.165) is 38.6 Å². The van der Waals surface area contributed by atoms with Gasteiger partial charge in [0.1, 0.15) is 6.61 Å². The number of fused-ring (bicyclic) bond motifs is 7. The van der Waals surface area contributed by atoms with Gasteiger partial charge in [-0.15, -0.1) is 0 Å². The van der Waals surface area contributed by atoms with Crippen LogP contribution >= 0.6 is 0 Å². The van der Waals surface area contributed by atoms with Crippen molar-refractivity contribution >= 4 is 17.4 Å². The molecule has 52 heavy (non-hydrogen) atoms. The van der Waals surface area contributed by atoms with Gasteiger partial charge in [-0.2, -0.15) is 0 Å². The largest absolute Gasteiger partial charge is 0.460 e. The molecule has 5 aliphatic carbocycles. The fourth-order valence-corrected chi connectivity index (χ4v) is 13.7. The number of benzene rings is 1. The monoisotopic (exact) mass is 717 g/mol. The fraction of sp³-hybridized carbons (Fsp3) is 0.733. The first kappa shape index (κ1) is 39.2. The van der Waals surface area contributed by atoms with E-state index in [9.17, 15) is 14.7 Å². The van der Waals surface area contributed by atoms with Gasteiger partial charge in [-0.1, -0.05) is 65.0 Å². The van der Waals surface area contributed by atoms with Crippen LogP contribution in [0.1, 0.15) is 115 Å². The first-order valence-electron chi connectivity index (χ1n) is 20.3. The lowest BCUT2D eigenvalue weighted by molar-refractivity contribution is -0.226. The molecular formula is C45H68N2O5. The van der Waals surface area contributed by atoms with E-state index in [0.29, 0.717) is 54.1 Å². The zero-order valence-electron chi connectivity index (χ0n) is 33.6. The molecule has 1 aromatic carbocycles. The Balaban J connectivity index is 1.31. The maximum atomic E-state index is 14.9. The minimum Gasteiger partial charge on any atom is -0.460 e. The molecule has 9 atom stereocenters. The average molecular weight is 717 g/mol. The van der Waals surface area contributed by atoms with Crippen LogP contribution in [0.3, 0.4) is 0 Å². The highest BCUT2D eigenvalue weighted by atomic mass is 16.5. The Morgan fingerprint density at radius 3 is 2.19 bits per heavy atom. The second kappa shape index (κ2) is 14.3. The SMILES string of the molecule is C=C(C)C1CCC2(C(=O)N(CCO)CCN(C)C)CCC3(C)C(CCC4C5(C)CC=C(c6ccc(C(=O)OCCO)cc6)C(C)(C)C5CCC43C)C12. The molecule has 0 heterocycles. The topological polar surface area (TPSA) is 90.3 Å². The summed E-state index contributed by atoms with van der Waals surface area (Å²) in [5.74, 6) is 2.18. The summed E-state index contributed by atoms with van der Waals surface area (Å²) in [4.78, 5) is 31.5. The molecule has 6 rings (SSSR count). The number of carbonyl (C=O) groups is 2. The summed E-state index contributed by atoms with van der Waals surface area (Å²) in [6.07, 6.45) is 12.4. The Hall–Kier alpha value is -2.48. The van der Waals surface area contributed by atoms with E-state index >= 15 is 0 Å². The van der Waals surface area contributed by atoms with Crippen LogP contribution < -0.4 is 0 Å². The van der Waals surface area contributed by atoms with Crippen LogP contribution in [0.4, 0.5) is 0 Å². The second-order valence-electron chi connectivity index (χ2n) is 19.1. The molecule has 1 amide bonds. The number of aliphatic hydroxyl groups excluding tert-OH is 2. The average Bonchev–Trinajstić information content (AvgIpc) is 3.50. The van der Waals surface area contributed by atoms with Gasteiger partial charge in [0.2, 0.25) is 5.91 Å². The van der Waals surface area contributed by atoms with Crippen LogP contribution in [-0.2, 0) is 9.53 Å². The molecule has 0 radical (unpaired) electrons. The van der Waals surface area contributed by atoms with Crippen molar-refractivity contribution in [1.29, 1.82) is 0 Å². The maximum absolute atomic E-state index is 14.9. The number of nitrogens with zero attached hydrogens (tertiary/aromatic N) is 2.